The normalized spacial score (nSPS) is 15.9. The van der Waals surface area contributed by atoms with E-state index in [1.54, 1.807) is 54.6 Å². The molecule has 0 aliphatic rings. The van der Waals surface area contributed by atoms with Gasteiger partial charge in [-0.1, -0.05) is 66.7 Å². The molecule has 5 heteroatoms. The summed E-state index contributed by atoms with van der Waals surface area (Å²) < 4.78 is 118. The molecule has 6 aromatic carbocycles. The largest absolute Gasteiger partial charge is 3.00 e. The van der Waals surface area contributed by atoms with E-state index in [0.717, 1.165) is 51.3 Å². The molecule has 0 aliphatic carbocycles. The topological polar surface area (TPSA) is 43.1 Å². The Kier molecular flexibility index (Phi) is 7.60. The van der Waals surface area contributed by atoms with Gasteiger partial charge in [-0.2, -0.15) is 0 Å². The van der Waals surface area contributed by atoms with Crippen LogP contribution in [-0.4, -0.2) is 19.4 Å². The first-order chi connectivity index (χ1) is 34.6. The van der Waals surface area contributed by atoms with Crippen LogP contribution in [0.2, 0.25) is 0 Å². The van der Waals surface area contributed by atoms with Gasteiger partial charge in [0.05, 0.1) is 0 Å². The Morgan fingerprint density at radius 1 is 0.516 bits per heavy atom. The Labute approximate surface area is 392 Å². The van der Waals surface area contributed by atoms with Crippen LogP contribution in [0, 0.1) is 32.0 Å². The molecule has 0 unspecified atom stereocenters. The van der Waals surface area contributed by atoms with Crippen LogP contribution in [0.15, 0.2) is 152 Å². The van der Waals surface area contributed by atoms with Gasteiger partial charge in [0.15, 0.2) is 0 Å². The fourth-order valence-electron chi connectivity index (χ4n) is 8.33. The van der Waals surface area contributed by atoms with Gasteiger partial charge >= 0.3 is 20.1 Å². The van der Waals surface area contributed by atoms with Crippen LogP contribution in [0.5, 0.6) is 0 Å². The first kappa shape index (κ1) is 28.2. The van der Waals surface area contributed by atoms with Crippen molar-refractivity contribution in [2.24, 2.45) is 0 Å². The van der Waals surface area contributed by atoms with E-state index in [-0.39, 0.29) is 36.8 Å². The Morgan fingerprint density at radius 3 is 1.63 bits per heavy atom. The van der Waals surface area contributed by atoms with Gasteiger partial charge < -0.3 is 19.4 Å². The Hall–Kier alpha value is -6.52. The smallest absolute Gasteiger partial charge is 0.355 e. The quantitative estimate of drug-likeness (QED) is 0.0737. The van der Waals surface area contributed by atoms with Gasteiger partial charge in [0.25, 0.3) is 0 Å². The van der Waals surface area contributed by atoms with Gasteiger partial charge in [-0.05, 0) is 135 Å². The molecule has 0 amide bonds. The van der Waals surface area contributed by atoms with Crippen molar-refractivity contribution < 1.29 is 36.6 Å². The van der Waals surface area contributed by atoms with Gasteiger partial charge in [0.1, 0.15) is 0 Å². The van der Waals surface area contributed by atoms with Crippen LogP contribution in [0.3, 0.4) is 0 Å². The van der Waals surface area contributed by atoms with Crippen LogP contribution >= 0.6 is 0 Å². The van der Waals surface area contributed by atoms with Crippen LogP contribution in [0.25, 0.3) is 71.4 Å². The second kappa shape index (κ2) is 16.7. The number of hydrogen-bond acceptors (Lipinski definition) is 3. The molecular formula is C57H43IrN4. The minimum absolute atomic E-state index is 0. The summed E-state index contributed by atoms with van der Waals surface area (Å²) in [4.78, 5) is 13.7. The van der Waals surface area contributed by atoms with Crippen molar-refractivity contribution in [1.82, 2.24) is 19.4 Å². The summed E-state index contributed by atoms with van der Waals surface area (Å²) >= 11 is 0. The Bertz CT molecular complexity index is 3790. The van der Waals surface area contributed by atoms with E-state index >= 15 is 0 Å². The standard InChI is InChI=1S/C57H43N4.Ir/c1-37-38(2)61-52-20-12-11-19-49(52)56-55-54(48-18-10-9-17-47(48)53(37)57(55)61)46(36-60-56)28-25-43-32-41(23-21-39-26-29-50(58-34-39)44-13-5-3-6-14-44)31-42(33-43)24-22-40-27-30-51(59-35-40)45-15-7-4-8-16-45;/h3-13,15,17-18,20,26-27,29-36H,21-25,28H2,1-2H3;/q-3;+3/i21D2,22D2,23D2,24D2,25D2,28D2;. The van der Waals surface area contributed by atoms with Crippen molar-refractivity contribution in [2.45, 2.75) is 52.1 Å². The third-order valence-electron chi connectivity index (χ3n) is 11.3. The Morgan fingerprint density at radius 2 is 1.06 bits per heavy atom. The molecule has 11 aromatic rings. The molecule has 300 valence electrons. The number of aromatic nitrogens is 4. The second-order valence-electron chi connectivity index (χ2n) is 15.0. The van der Waals surface area contributed by atoms with Crippen molar-refractivity contribution >= 4 is 48.9 Å². The van der Waals surface area contributed by atoms with Crippen LogP contribution in [-0.2, 0) is 58.3 Å². The molecule has 62 heavy (non-hydrogen) atoms. The predicted octanol–water partition coefficient (Wildman–Crippen LogP) is 12.9. The molecule has 5 heterocycles. The number of rotatable bonds is 11. The molecule has 0 saturated carbocycles. The molecule has 5 aromatic heterocycles. The van der Waals surface area contributed by atoms with Gasteiger partial charge in [0, 0.05) is 51.6 Å². The Balaban J connectivity index is 0.00000626. The first-order valence-corrected chi connectivity index (χ1v) is 20.0. The molecule has 0 saturated heterocycles. The zero-order valence-electron chi connectivity index (χ0n) is 45.6. The molecule has 0 atom stereocenters. The number of benzene rings is 6. The van der Waals surface area contributed by atoms with Gasteiger partial charge in [-0.25, -0.2) is 0 Å². The maximum atomic E-state index is 10.0. The number of fused-ring (bicyclic) bond motifs is 6. The third kappa shape index (κ3) is 7.15. The molecule has 0 fully saturated rings. The van der Waals surface area contributed by atoms with Crippen LogP contribution < -0.4 is 0 Å². The minimum atomic E-state index is -3.16. The third-order valence-corrected chi connectivity index (χ3v) is 11.3. The molecule has 0 spiro atoms. The van der Waals surface area contributed by atoms with Crippen molar-refractivity contribution in [1.29, 1.82) is 0 Å². The second-order valence-corrected chi connectivity index (χ2v) is 15.0. The van der Waals surface area contributed by atoms with Crippen molar-refractivity contribution in [3.63, 3.8) is 0 Å². The predicted molar refractivity (Wildman–Crippen MR) is 250 cm³/mol. The molecular weight excluding hydrogens is 933 g/mol. The van der Waals surface area contributed by atoms with E-state index in [9.17, 15) is 16.4 Å². The average molecular weight is 988 g/mol. The van der Waals surface area contributed by atoms with Crippen LogP contribution in [0.4, 0.5) is 0 Å². The molecule has 0 radical (unpaired) electrons. The SMILES string of the molecule is [2H]C([2H])(c1ccc(-c2[c-]cccc2)nc1)C([2H])([2H])c1cc(C([2H])([2H])C([2H])([2H])c2ccc(-c3[c-]cccc3)nc2)cc(C([2H])([2H])C([2H])([2H])c2cnc3c4[c-]cccc4n4c(C)c(C)c5c6ccccc6c2c3c54)c1.[Ir+3]. The fraction of sp³-hybridized carbons (Fsp3) is 0.140. The summed E-state index contributed by atoms with van der Waals surface area (Å²) in [6.07, 6.45) is -14.5. The number of pyridine rings is 4. The van der Waals surface area contributed by atoms with E-state index < -0.39 is 54.9 Å². The monoisotopic (exact) mass is 988 g/mol. The summed E-state index contributed by atoms with van der Waals surface area (Å²) in [7, 11) is 0. The molecule has 0 aliphatic heterocycles. The van der Waals surface area contributed by atoms with Crippen molar-refractivity contribution in [2.75, 3.05) is 0 Å². The summed E-state index contributed by atoms with van der Waals surface area (Å²) in [6.45, 7) is 4.05. The van der Waals surface area contributed by atoms with E-state index in [2.05, 4.69) is 32.6 Å². The molecule has 11 rings (SSSR count). The van der Waals surface area contributed by atoms with Gasteiger partial charge in [-0.15, -0.1) is 101 Å². The van der Waals surface area contributed by atoms with Crippen molar-refractivity contribution in [3.05, 3.63) is 215 Å². The van der Waals surface area contributed by atoms with Gasteiger partial charge in [0.2, 0.25) is 0 Å². The summed E-state index contributed by atoms with van der Waals surface area (Å²) in [5.74, 6) is 0. The zero-order chi connectivity index (χ0) is 51.6. The molecule has 0 N–H and O–H groups in total. The summed E-state index contributed by atoms with van der Waals surface area (Å²) in [5.41, 5.74) is 4.09. The average Bonchev–Trinajstić information content (AvgIpc) is 3.68. The molecule has 0 bridgehead atoms. The maximum Gasteiger partial charge on any atom is 3.00 e. The fourth-order valence-corrected chi connectivity index (χ4v) is 8.33. The van der Waals surface area contributed by atoms with E-state index in [1.165, 1.54) is 42.9 Å². The number of hydrogen-bond donors (Lipinski definition) is 0. The van der Waals surface area contributed by atoms with E-state index in [1.807, 2.05) is 50.2 Å². The zero-order valence-corrected chi connectivity index (χ0v) is 36.0. The summed E-state index contributed by atoms with van der Waals surface area (Å²) in [6, 6.07) is 45.7. The van der Waals surface area contributed by atoms with Crippen LogP contribution in [0.1, 0.15) is 61.1 Å². The molecule has 4 nitrogen and oxygen atoms in total. The summed E-state index contributed by atoms with van der Waals surface area (Å²) in [5, 5.41) is 4.06. The van der Waals surface area contributed by atoms with E-state index in [4.69, 9.17) is 4.98 Å². The van der Waals surface area contributed by atoms with E-state index in [0.29, 0.717) is 49.6 Å². The maximum absolute atomic E-state index is 10.0. The number of aryl methyl sites for hydroxylation is 8. The number of nitrogens with zero attached hydrogens (tertiary/aromatic N) is 4. The first-order valence-electron chi connectivity index (χ1n) is 26.0. The van der Waals surface area contributed by atoms with Gasteiger partial charge in [-0.3, -0.25) is 0 Å². The minimum Gasteiger partial charge on any atom is -0.355 e. The van der Waals surface area contributed by atoms with Crippen molar-refractivity contribution in [3.8, 4) is 22.5 Å².